The standard InChI is InChI=1S/C13H22N2O.C2H6/c1-9(2)13(10(3)14-5)12-7-6-8-15(12)11(4)16;1-2/h12H,6-8H2,1-5H3;1-2H3. The lowest BCUT2D eigenvalue weighted by Gasteiger charge is -2.27. The molecule has 1 atom stereocenters. The average molecular weight is 252 g/mol. The molecule has 0 bridgehead atoms. The highest BCUT2D eigenvalue weighted by Crippen LogP contribution is 2.26. The summed E-state index contributed by atoms with van der Waals surface area (Å²) < 4.78 is 0. The van der Waals surface area contributed by atoms with Crippen LogP contribution in [-0.4, -0.2) is 36.2 Å². The third-order valence-corrected chi connectivity index (χ3v) is 3.25. The highest BCUT2D eigenvalue weighted by atomic mass is 16.2. The average Bonchev–Trinajstić information content (AvgIpc) is 2.80. The molecule has 0 aromatic carbocycles. The van der Waals surface area contributed by atoms with Crippen LogP contribution in [0.2, 0.25) is 0 Å². The molecule has 104 valence electrons. The van der Waals surface area contributed by atoms with E-state index in [2.05, 4.69) is 18.8 Å². The molecular formula is C15H28N2O. The summed E-state index contributed by atoms with van der Waals surface area (Å²) in [5, 5.41) is 0. The Balaban J connectivity index is 0.00000137. The maximum absolute atomic E-state index is 11.6. The van der Waals surface area contributed by atoms with Crippen LogP contribution in [0.5, 0.6) is 0 Å². The van der Waals surface area contributed by atoms with Crippen LogP contribution in [0.3, 0.4) is 0 Å². The summed E-state index contributed by atoms with van der Waals surface area (Å²) >= 11 is 0. The molecule has 1 aliphatic rings. The highest BCUT2D eigenvalue weighted by Gasteiger charge is 2.30. The number of carbonyl (C=O) groups excluding carboxylic acids is 1. The zero-order chi connectivity index (χ0) is 14.3. The molecule has 1 amide bonds. The lowest BCUT2D eigenvalue weighted by atomic mass is 9.96. The molecule has 1 saturated heterocycles. The van der Waals surface area contributed by atoms with E-state index < -0.39 is 0 Å². The molecule has 0 radical (unpaired) electrons. The number of hydrogen-bond acceptors (Lipinski definition) is 2. The Morgan fingerprint density at radius 3 is 2.11 bits per heavy atom. The Bertz CT molecular complexity index is 338. The number of allylic oxidation sites excluding steroid dienone is 1. The van der Waals surface area contributed by atoms with Gasteiger partial charge in [0.1, 0.15) is 0 Å². The minimum absolute atomic E-state index is 0.171. The normalized spacial score (nSPS) is 19.2. The van der Waals surface area contributed by atoms with Crippen LogP contribution in [-0.2, 0) is 4.79 Å². The Labute approximate surface area is 112 Å². The zero-order valence-corrected chi connectivity index (χ0v) is 13.0. The monoisotopic (exact) mass is 252 g/mol. The van der Waals surface area contributed by atoms with Gasteiger partial charge in [0, 0.05) is 26.2 Å². The molecule has 1 heterocycles. The van der Waals surface area contributed by atoms with Crippen molar-refractivity contribution in [3.8, 4) is 0 Å². The number of rotatable bonds is 2. The Morgan fingerprint density at radius 2 is 1.72 bits per heavy atom. The predicted octanol–water partition coefficient (Wildman–Crippen LogP) is 3.45. The van der Waals surface area contributed by atoms with Gasteiger partial charge in [0.2, 0.25) is 5.91 Å². The van der Waals surface area contributed by atoms with E-state index in [4.69, 9.17) is 0 Å². The van der Waals surface area contributed by atoms with Crippen LogP contribution in [0.15, 0.2) is 16.1 Å². The van der Waals surface area contributed by atoms with Gasteiger partial charge < -0.3 is 4.90 Å². The molecule has 1 aliphatic heterocycles. The molecule has 0 aromatic heterocycles. The van der Waals surface area contributed by atoms with Gasteiger partial charge in [0.25, 0.3) is 0 Å². The lowest BCUT2D eigenvalue weighted by molar-refractivity contribution is -0.128. The molecule has 3 heteroatoms. The highest BCUT2D eigenvalue weighted by molar-refractivity contribution is 6.00. The molecule has 0 aliphatic carbocycles. The van der Waals surface area contributed by atoms with Crippen LogP contribution in [0.4, 0.5) is 0 Å². The van der Waals surface area contributed by atoms with E-state index in [9.17, 15) is 4.79 Å². The third-order valence-electron chi connectivity index (χ3n) is 3.25. The Hall–Kier alpha value is -1.12. The van der Waals surface area contributed by atoms with Gasteiger partial charge in [-0.05, 0) is 39.2 Å². The number of amides is 1. The second-order valence-electron chi connectivity index (χ2n) is 4.59. The molecule has 3 nitrogen and oxygen atoms in total. The first kappa shape index (κ1) is 16.9. The third kappa shape index (κ3) is 3.97. The largest absolute Gasteiger partial charge is 0.336 e. The first-order valence-electron chi connectivity index (χ1n) is 6.87. The minimum Gasteiger partial charge on any atom is -0.336 e. The van der Waals surface area contributed by atoms with E-state index in [1.807, 2.05) is 32.7 Å². The molecule has 18 heavy (non-hydrogen) atoms. The van der Waals surface area contributed by atoms with Crippen molar-refractivity contribution in [2.24, 2.45) is 4.99 Å². The van der Waals surface area contributed by atoms with Gasteiger partial charge in [-0.1, -0.05) is 19.4 Å². The van der Waals surface area contributed by atoms with Crippen molar-refractivity contribution < 1.29 is 4.79 Å². The van der Waals surface area contributed by atoms with Gasteiger partial charge in [-0.2, -0.15) is 0 Å². The van der Waals surface area contributed by atoms with E-state index in [-0.39, 0.29) is 11.9 Å². The summed E-state index contributed by atoms with van der Waals surface area (Å²) in [5.74, 6) is 0.171. The van der Waals surface area contributed by atoms with Crippen LogP contribution >= 0.6 is 0 Å². The molecule has 1 unspecified atom stereocenters. The Morgan fingerprint density at radius 1 is 1.17 bits per heavy atom. The van der Waals surface area contributed by atoms with Gasteiger partial charge in [-0.15, -0.1) is 0 Å². The van der Waals surface area contributed by atoms with Crippen molar-refractivity contribution in [2.75, 3.05) is 13.6 Å². The fourth-order valence-electron chi connectivity index (χ4n) is 2.50. The molecular weight excluding hydrogens is 224 g/mol. The number of carbonyl (C=O) groups is 1. The van der Waals surface area contributed by atoms with E-state index in [0.29, 0.717) is 0 Å². The van der Waals surface area contributed by atoms with Crippen molar-refractivity contribution in [2.45, 2.75) is 60.4 Å². The number of hydrogen-bond donors (Lipinski definition) is 0. The van der Waals surface area contributed by atoms with Crippen molar-refractivity contribution in [3.05, 3.63) is 11.1 Å². The maximum Gasteiger partial charge on any atom is 0.219 e. The molecule has 0 spiro atoms. The second-order valence-corrected chi connectivity index (χ2v) is 4.59. The number of likely N-dealkylation sites (tertiary alicyclic amines) is 1. The van der Waals surface area contributed by atoms with Gasteiger partial charge in [0.05, 0.1) is 6.04 Å². The first-order chi connectivity index (χ1) is 8.49. The summed E-state index contributed by atoms with van der Waals surface area (Å²) in [7, 11) is 1.81. The molecule has 0 saturated carbocycles. The fraction of sp³-hybridized carbons (Fsp3) is 0.733. The predicted molar refractivity (Wildman–Crippen MR) is 79.2 cm³/mol. The summed E-state index contributed by atoms with van der Waals surface area (Å²) in [6.07, 6.45) is 2.16. The van der Waals surface area contributed by atoms with Gasteiger partial charge in [0.15, 0.2) is 0 Å². The van der Waals surface area contributed by atoms with Crippen LogP contribution in [0.1, 0.15) is 54.4 Å². The van der Waals surface area contributed by atoms with Crippen LogP contribution < -0.4 is 0 Å². The maximum atomic E-state index is 11.6. The smallest absolute Gasteiger partial charge is 0.219 e. The summed E-state index contributed by atoms with van der Waals surface area (Å²) in [5.41, 5.74) is 3.56. The van der Waals surface area contributed by atoms with Crippen molar-refractivity contribution in [1.29, 1.82) is 0 Å². The van der Waals surface area contributed by atoms with Gasteiger partial charge in [-0.25, -0.2) is 0 Å². The quantitative estimate of drug-likeness (QED) is 0.693. The van der Waals surface area contributed by atoms with E-state index >= 15 is 0 Å². The minimum atomic E-state index is 0.171. The second kappa shape index (κ2) is 8.06. The number of aliphatic imine (C=N–C) groups is 1. The SMILES string of the molecule is CC.CN=C(C)C(=C(C)C)C1CCCN1C(C)=O. The van der Waals surface area contributed by atoms with Gasteiger partial charge in [-0.3, -0.25) is 9.79 Å². The summed E-state index contributed by atoms with van der Waals surface area (Å²) in [6, 6.07) is 0.242. The van der Waals surface area contributed by atoms with Crippen LogP contribution in [0, 0.1) is 0 Å². The number of nitrogens with zero attached hydrogens (tertiary/aromatic N) is 2. The molecule has 1 fully saturated rings. The lowest BCUT2D eigenvalue weighted by Crippen LogP contribution is -2.37. The van der Waals surface area contributed by atoms with E-state index in [1.54, 1.807) is 6.92 Å². The molecule has 0 aromatic rings. The van der Waals surface area contributed by atoms with E-state index in [0.717, 1.165) is 25.1 Å². The van der Waals surface area contributed by atoms with Crippen LogP contribution in [0.25, 0.3) is 0 Å². The van der Waals surface area contributed by atoms with Crippen molar-refractivity contribution in [1.82, 2.24) is 4.90 Å². The Kier molecular flexibility index (Phi) is 7.56. The fourth-order valence-corrected chi connectivity index (χ4v) is 2.50. The summed E-state index contributed by atoms with van der Waals surface area (Å²) in [6.45, 7) is 12.8. The molecule has 0 N–H and O–H groups in total. The van der Waals surface area contributed by atoms with Crippen molar-refractivity contribution >= 4 is 11.6 Å². The van der Waals surface area contributed by atoms with Gasteiger partial charge >= 0.3 is 0 Å². The van der Waals surface area contributed by atoms with E-state index in [1.165, 1.54) is 11.1 Å². The first-order valence-corrected chi connectivity index (χ1v) is 6.87. The topological polar surface area (TPSA) is 32.7 Å². The van der Waals surface area contributed by atoms with Crippen molar-refractivity contribution in [3.63, 3.8) is 0 Å². The summed E-state index contributed by atoms with van der Waals surface area (Å²) in [4.78, 5) is 17.8. The molecule has 1 rings (SSSR count). The zero-order valence-electron chi connectivity index (χ0n) is 13.0.